The number of aromatic nitrogens is 1. The Morgan fingerprint density at radius 2 is 0.636 bits per heavy atom. The molecule has 13 aromatic rings. The molecule has 2 aliphatic rings. The third-order valence-corrected chi connectivity index (χ3v) is 18.6. The first kappa shape index (κ1) is 54.7. The maximum atomic E-state index is 2.72. The summed E-state index contributed by atoms with van der Waals surface area (Å²) in [5, 5.41) is 2.48. The summed E-state index contributed by atoms with van der Waals surface area (Å²) in [7, 11) is 0. The van der Waals surface area contributed by atoms with Gasteiger partial charge >= 0.3 is 0 Å². The first-order valence-corrected chi connectivity index (χ1v) is 31.3. The molecule has 3 nitrogen and oxygen atoms in total. The average Bonchev–Trinajstić information content (AvgIpc) is 0.787. The fourth-order valence-corrected chi connectivity index (χ4v) is 14.0. The van der Waals surface area contributed by atoms with Crippen molar-refractivity contribution in [3.8, 4) is 61.3 Å². The number of para-hydroxylation sites is 2. The highest BCUT2D eigenvalue weighted by Crippen LogP contribution is 2.55. The minimum atomic E-state index is -0.276. The molecule has 0 aliphatic carbocycles. The molecular weight excluding hydrogens is 1060 g/mol. The molecule has 0 saturated heterocycles. The van der Waals surface area contributed by atoms with Gasteiger partial charge in [-0.3, -0.25) is 0 Å². The van der Waals surface area contributed by atoms with Crippen LogP contribution in [-0.2, 0) is 16.2 Å². The van der Waals surface area contributed by atoms with Crippen molar-refractivity contribution >= 4 is 79.0 Å². The van der Waals surface area contributed by atoms with Crippen molar-refractivity contribution in [1.29, 1.82) is 0 Å². The predicted molar refractivity (Wildman–Crippen MR) is 378 cm³/mol. The van der Waals surface area contributed by atoms with Gasteiger partial charge in [-0.25, -0.2) is 0 Å². The van der Waals surface area contributed by atoms with Crippen LogP contribution in [0.4, 0.5) is 34.1 Å². The van der Waals surface area contributed by atoms with Gasteiger partial charge in [-0.2, -0.15) is 0 Å². The Balaban J connectivity index is 1.15. The van der Waals surface area contributed by atoms with Crippen molar-refractivity contribution in [3.05, 3.63) is 290 Å². The molecule has 2 aliphatic heterocycles. The second-order valence-corrected chi connectivity index (χ2v) is 27.3. The van der Waals surface area contributed by atoms with Crippen molar-refractivity contribution in [2.24, 2.45) is 0 Å². The van der Waals surface area contributed by atoms with E-state index in [4.69, 9.17) is 0 Å². The van der Waals surface area contributed by atoms with E-state index in [9.17, 15) is 0 Å². The molecule has 88 heavy (non-hydrogen) atoms. The van der Waals surface area contributed by atoms with E-state index in [0.29, 0.717) is 0 Å². The van der Waals surface area contributed by atoms with E-state index in [1.165, 1.54) is 128 Å². The lowest BCUT2D eigenvalue weighted by Gasteiger charge is -2.47. The Kier molecular flexibility index (Phi) is 13.0. The summed E-state index contributed by atoms with van der Waals surface area (Å²) in [4.78, 5) is 5.41. The van der Waals surface area contributed by atoms with Gasteiger partial charge in [-0.15, -0.1) is 0 Å². The maximum absolute atomic E-state index is 2.72. The molecular formula is C84H72BN3. The number of fused-ring (bicyclic) bond motifs is 7. The highest BCUT2D eigenvalue weighted by Gasteiger charge is 2.46. The average molecular weight is 1130 g/mol. The maximum Gasteiger partial charge on any atom is 0.252 e. The third-order valence-electron chi connectivity index (χ3n) is 18.6. The summed E-state index contributed by atoms with van der Waals surface area (Å²) in [6.45, 7) is 21.1. The molecule has 0 saturated carbocycles. The van der Waals surface area contributed by atoms with E-state index in [0.717, 1.165) is 22.7 Å². The molecule has 3 heterocycles. The third kappa shape index (κ3) is 9.19. The van der Waals surface area contributed by atoms with Crippen LogP contribution in [0.3, 0.4) is 0 Å². The normalized spacial score (nSPS) is 13.0. The van der Waals surface area contributed by atoms with Crippen LogP contribution in [0.15, 0.2) is 273 Å². The Labute approximate surface area is 519 Å². The summed E-state index contributed by atoms with van der Waals surface area (Å²) in [5.74, 6) is 0. The lowest BCUT2D eigenvalue weighted by atomic mass is 9.33. The molecule has 4 heteroatoms. The van der Waals surface area contributed by atoms with Crippen molar-refractivity contribution in [3.63, 3.8) is 0 Å². The molecule has 426 valence electrons. The number of hydrogen-bond acceptors (Lipinski definition) is 2. The zero-order chi connectivity index (χ0) is 60.2. The molecule has 0 bridgehead atoms. The summed E-state index contributed by atoms with van der Waals surface area (Å²) in [5.41, 5.74) is 29.3. The van der Waals surface area contributed by atoms with Gasteiger partial charge in [0.1, 0.15) is 0 Å². The minimum Gasteiger partial charge on any atom is -0.310 e. The van der Waals surface area contributed by atoms with Gasteiger partial charge < -0.3 is 14.4 Å². The molecule has 0 N–H and O–H groups in total. The lowest BCUT2D eigenvalue weighted by Crippen LogP contribution is -2.61. The van der Waals surface area contributed by atoms with Crippen LogP contribution in [0, 0.1) is 0 Å². The standard InChI is InChI=1S/C84H72BN3/c1-82(2,3)61-48-67(56-31-17-11-18-32-56)80(68(49-61)57-33-19-12-20-34-57)87-75-46-43-60(55-29-15-10-16-30-55)47-72(75)85-71-45-44-64(86-73-41-27-25-39-65(73)66-40-26-28-42-74(66)86)54-76(71)88(78-53-63(84(7,8)9)52-77(87)79(78)85)81-69(58-35-21-13-22-36-58)50-62(83(4,5)6)51-70(81)59-37-23-14-24-38-59/h10-54H,1-9H3. The number of nitrogens with zero attached hydrogens (tertiary/aromatic N) is 3. The van der Waals surface area contributed by atoms with E-state index in [1.807, 2.05) is 0 Å². The largest absolute Gasteiger partial charge is 0.310 e. The minimum absolute atomic E-state index is 0.149. The Morgan fingerprint density at radius 3 is 1.05 bits per heavy atom. The predicted octanol–water partition coefficient (Wildman–Crippen LogP) is 21.1. The fraction of sp³-hybridized carbons (Fsp3) is 0.143. The summed E-state index contributed by atoms with van der Waals surface area (Å²) in [6.07, 6.45) is 0. The van der Waals surface area contributed by atoms with Gasteiger partial charge in [0.05, 0.1) is 22.4 Å². The fourth-order valence-electron chi connectivity index (χ4n) is 14.0. The van der Waals surface area contributed by atoms with Gasteiger partial charge in [-0.05, 0) is 149 Å². The summed E-state index contributed by atoms with van der Waals surface area (Å²) >= 11 is 0. The molecule has 0 amide bonds. The van der Waals surface area contributed by atoms with E-state index < -0.39 is 0 Å². The smallest absolute Gasteiger partial charge is 0.252 e. The van der Waals surface area contributed by atoms with E-state index in [2.05, 4.69) is 350 Å². The Bertz CT molecular complexity index is 4660. The van der Waals surface area contributed by atoms with Crippen molar-refractivity contribution in [1.82, 2.24) is 4.57 Å². The first-order chi connectivity index (χ1) is 42.6. The van der Waals surface area contributed by atoms with E-state index in [1.54, 1.807) is 0 Å². The van der Waals surface area contributed by atoms with E-state index in [-0.39, 0.29) is 23.0 Å². The van der Waals surface area contributed by atoms with Crippen molar-refractivity contribution < 1.29 is 0 Å². The van der Waals surface area contributed by atoms with Crippen LogP contribution in [0.5, 0.6) is 0 Å². The SMILES string of the molecule is CC(C)(C)c1cc(-c2ccccc2)c(N2c3ccc(-c4ccccc4)cc3B3c4ccc(-n5c6ccccc6c6ccccc65)cc4N(c4c(-c5ccccc5)cc(C(C)(C)C)cc4-c4ccccc4)c4cc(C(C)(C)C)cc2c43)c(-c2ccccc2)c1. The zero-order valence-corrected chi connectivity index (χ0v) is 51.9. The van der Waals surface area contributed by atoms with Gasteiger partial charge in [-0.1, -0.05) is 269 Å². The van der Waals surface area contributed by atoms with Gasteiger partial charge in [0.2, 0.25) is 0 Å². The highest BCUT2D eigenvalue weighted by atomic mass is 15.2. The molecule has 0 radical (unpaired) electrons. The Hall–Kier alpha value is -9.90. The van der Waals surface area contributed by atoms with Crippen LogP contribution >= 0.6 is 0 Å². The second kappa shape index (κ2) is 20.9. The molecule has 0 spiro atoms. The van der Waals surface area contributed by atoms with Crippen LogP contribution in [0.25, 0.3) is 83.1 Å². The number of benzene rings is 12. The molecule has 15 rings (SSSR count). The molecule has 0 unspecified atom stereocenters. The van der Waals surface area contributed by atoms with Crippen LogP contribution in [-0.4, -0.2) is 11.3 Å². The monoisotopic (exact) mass is 1130 g/mol. The number of rotatable bonds is 8. The number of anilines is 6. The molecule has 12 aromatic carbocycles. The lowest BCUT2D eigenvalue weighted by molar-refractivity contribution is 0.590. The van der Waals surface area contributed by atoms with Crippen molar-refractivity contribution in [2.75, 3.05) is 9.80 Å². The number of hydrogen-bond donors (Lipinski definition) is 0. The zero-order valence-electron chi connectivity index (χ0n) is 51.9. The van der Waals surface area contributed by atoms with Crippen LogP contribution in [0.1, 0.15) is 79.0 Å². The first-order valence-electron chi connectivity index (χ1n) is 31.3. The van der Waals surface area contributed by atoms with E-state index >= 15 is 0 Å². The molecule has 1 aromatic heterocycles. The van der Waals surface area contributed by atoms with Crippen molar-refractivity contribution in [2.45, 2.75) is 78.6 Å². The second-order valence-electron chi connectivity index (χ2n) is 27.3. The van der Waals surface area contributed by atoms with Crippen LogP contribution in [0.2, 0.25) is 0 Å². The topological polar surface area (TPSA) is 11.4 Å². The van der Waals surface area contributed by atoms with Gasteiger partial charge in [0.25, 0.3) is 6.71 Å². The Morgan fingerprint density at radius 1 is 0.273 bits per heavy atom. The van der Waals surface area contributed by atoms with Gasteiger partial charge in [0.15, 0.2) is 0 Å². The highest BCUT2D eigenvalue weighted by molar-refractivity contribution is 7.00. The van der Waals surface area contributed by atoms with Crippen LogP contribution < -0.4 is 26.2 Å². The molecule has 0 atom stereocenters. The summed E-state index contributed by atoms with van der Waals surface area (Å²) < 4.78 is 2.50. The molecule has 0 fully saturated rings. The quantitative estimate of drug-likeness (QED) is 0.141. The van der Waals surface area contributed by atoms with Gasteiger partial charge in [0, 0.05) is 61.5 Å². The summed E-state index contributed by atoms with van der Waals surface area (Å²) in [6, 6.07) is 103.